The Balaban J connectivity index is 1.60. The van der Waals surface area contributed by atoms with Crippen LogP contribution in [0.25, 0.3) is 11.5 Å². The zero-order valence-corrected chi connectivity index (χ0v) is 19.2. The first-order valence-corrected chi connectivity index (χ1v) is 11.6. The van der Waals surface area contributed by atoms with E-state index in [2.05, 4.69) is 30.6 Å². The van der Waals surface area contributed by atoms with Gasteiger partial charge in [0.1, 0.15) is 17.1 Å². The SMILES string of the molecule is CC1(F)CCC(Nc2nc(NC3CCC(F)(F)CC3)nc(-c3cccc(C(C)(F)F)n3)n2)CC1. The summed E-state index contributed by atoms with van der Waals surface area (Å²) in [6.07, 6.45) is 2.03. The molecule has 2 N–H and O–H groups in total. The molecule has 6 nitrogen and oxygen atoms in total. The van der Waals surface area contributed by atoms with Crippen LogP contribution in [0.2, 0.25) is 0 Å². The summed E-state index contributed by atoms with van der Waals surface area (Å²) >= 11 is 0. The number of rotatable bonds is 6. The third-order valence-electron chi connectivity index (χ3n) is 6.48. The first-order chi connectivity index (χ1) is 15.9. The molecular formula is C23H29F5N6. The van der Waals surface area contributed by atoms with Gasteiger partial charge >= 0.3 is 0 Å². The van der Waals surface area contributed by atoms with Gasteiger partial charge in [0.25, 0.3) is 5.92 Å². The second-order valence-electron chi connectivity index (χ2n) is 9.71. The summed E-state index contributed by atoms with van der Waals surface area (Å²) < 4.78 is 68.9. The smallest absolute Gasteiger partial charge is 0.286 e. The zero-order valence-electron chi connectivity index (χ0n) is 19.2. The van der Waals surface area contributed by atoms with Crippen molar-refractivity contribution in [2.75, 3.05) is 10.6 Å². The summed E-state index contributed by atoms with van der Waals surface area (Å²) in [6.45, 7) is 2.34. The molecule has 0 bridgehead atoms. The molecular weight excluding hydrogens is 455 g/mol. The van der Waals surface area contributed by atoms with Crippen molar-refractivity contribution in [2.45, 2.75) is 94.8 Å². The molecule has 0 spiro atoms. The minimum atomic E-state index is -3.14. The van der Waals surface area contributed by atoms with Crippen LogP contribution in [0.1, 0.15) is 70.9 Å². The number of alkyl halides is 5. The van der Waals surface area contributed by atoms with Crippen molar-refractivity contribution in [2.24, 2.45) is 0 Å². The lowest BCUT2D eigenvalue weighted by atomic mass is 9.85. The van der Waals surface area contributed by atoms with Crippen LogP contribution in [0.15, 0.2) is 18.2 Å². The molecule has 11 heteroatoms. The van der Waals surface area contributed by atoms with Crippen LogP contribution < -0.4 is 10.6 Å². The van der Waals surface area contributed by atoms with Crippen LogP contribution in [-0.4, -0.2) is 43.6 Å². The third-order valence-corrected chi connectivity index (χ3v) is 6.48. The van der Waals surface area contributed by atoms with Gasteiger partial charge in [-0.25, -0.2) is 18.2 Å². The van der Waals surface area contributed by atoms with Gasteiger partial charge in [0.2, 0.25) is 17.8 Å². The molecule has 0 atom stereocenters. The number of nitrogens with zero attached hydrogens (tertiary/aromatic N) is 4. The van der Waals surface area contributed by atoms with Crippen LogP contribution in [0, 0.1) is 0 Å². The Hall–Kier alpha value is -2.59. The van der Waals surface area contributed by atoms with E-state index < -0.39 is 23.2 Å². The molecule has 2 heterocycles. The van der Waals surface area contributed by atoms with E-state index in [0.29, 0.717) is 25.7 Å². The molecule has 0 aromatic carbocycles. The fraction of sp³-hybridized carbons (Fsp3) is 0.652. The van der Waals surface area contributed by atoms with Crippen LogP contribution in [0.5, 0.6) is 0 Å². The van der Waals surface area contributed by atoms with Gasteiger partial charge in [0, 0.05) is 31.8 Å². The Labute approximate surface area is 195 Å². The van der Waals surface area contributed by atoms with Crippen molar-refractivity contribution in [3.8, 4) is 11.5 Å². The normalized spacial score (nSPS) is 25.7. The Morgan fingerprint density at radius 2 is 1.35 bits per heavy atom. The van der Waals surface area contributed by atoms with Crippen LogP contribution >= 0.6 is 0 Å². The van der Waals surface area contributed by atoms with Crippen molar-refractivity contribution < 1.29 is 22.0 Å². The average molecular weight is 485 g/mol. The molecule has 2 aliphatic rings. The highest BCUT2D eigenvalue weighted by molar-refractivity contribution is 5.54. The highest BCUT2D eigenvalue weighted by atomic mass is 19.3. The van der Waals surface area contributed by atoms with Gasteiger partial charge in [0.05, 0.1) is 0 Å². The number of hydrogen-bond acceptors (Lipinski definition) is 6. The third kappa shape index (κ3) is 6.29. The second-order valence-corrected chi connectivity index (χ2v) is 9.71. The van der Waals surface area contributed by atoms with E-state index in [4.69, 9.17) is 0 Å². The average Bonchev–Trinajstić information content (AvgIpc) is 2.76. The predicted octanol–water partition coefficient (Wildman–Crippen LogP) is 6.12. The molecule has 2 aromatic heterocycles. The Kier molecular flexibility index (Phi) is 6.65. The molecule has 2 aliphatic carbocycles. The summed E-state index contributed by atoms with van der Waals surface area (Å²) in [5.41, 5.74) is -1.48. The summed E-state index contributed by atoms with van der Waals surface area (Å²) in [5, 5.41) is 6.29. The van der Waals surface area contributed by atoms with E-state index in [1.165, 1.54) is 18.2 Å². The maximum Gasteiger partial charge on any atom is 0.286 e. The Morgan fingerprint density at radius 3 is 1.88 bits per heavy atom. The highest BCUT2D eigenvalue weighted by Gasteiger charge is 2.35. The standard InChI is InChI=1S/C23H29F5N6/c1-21(24)10-6-14(7-11-21)29-19-32-18(16-4-3-5-17(31-16)22(2,25)26)33-20(34-19)30-15-8-12-23(27,28)13-9-15/h3-5,14-15H,6-13H2,1-2H3,(H2,29,30,32,33,34). The van der Waals surface area contributed by atoms with E-state index >= 15 is 0 Å². The van der Waals surface area contributed by atoms with E-state index in [0.717, 1.165) is 6.92 Å². The second kappa shape index (κ2) is 9.22. The molecule has 0 aliphatic heterocycles. The Morgan fingerprint density at radius 1 is 0.824 bits per heavy atom. The maximum absolute atomic E-state index is 14.2. The van der Waals surface area contributed by atoms with Gasteiger partial charge in [0.15, 0.2) is 5.82 Å². The van der Waals surface area contributed by atoms with Gasteiger partial charge in [-0.15, -0.1) is 0 Å². The molecule has 34 heavy (non-hydrogen) atoms. The fourth-order valence-electron chi connectivity index (χ4n) is 4.34. The fourth-order valence-corrected chi connectivity index (χ4v) is 4.34. The van der Waals surface area contributed by atoms with E-state index in [1.807, 2.05) is 0 Å². The zero-order chi connectivity index (χ0) is 24.6. The van der Waals surface area contributed by atoms with Crippen molar-refractivity contribution >= 4 is 11.9 Å². The first-order valence-electron chi connectivity index (χ1n) is 11.6. The van der Waals surface area contributed by atoms with Gasteiger partial charge < -0.3 is 10.6 Å². The monoisotopic (exact) mass is 484 g/mol. The molecule has 2 aromatic rings. The number of aromatic nitrogens is 4. The van der Waals surface area contributed by atoms with Crippen molar-refractivity contribution in [1.29, 1.82) is 0 Å². The van der Waals surface area contributed by atoms with Gasteiger partial charge in [-0.1, -0.05) is 6.07 Å². The summed E-state index contributed by atoms with van der Waals surface area (Å²) in [5.74, 6) is -5.37. The first kappa shape index (κ1) is 24.5. The Bertz CT molecular complexity index is 941. The van der Waals surface area contributed by atoms with Crippen LogP contribution in [0.3, 0.4) is 0 Å². The molecule has 4 rings (SSSR count). The predicted molar refractivity (Wildman–Crippen MR) is 119 cm³/mol. The van der Waals surface area contributed by atoms with Gasteiger partial charge in [-0.2, -0.15) is 23.7 Å². The highest BCUT2D eigenvalue weighted by Crippen LogP contribution is 2.35. The molecule has 2 fully saturated rings. The van der Waals surface area contributed by atoms with E-state index in [1.54, 1.807) is 6.92 Å². The van der Waals surface area contributed by atoms with Gasteiger partial charge in [-0.05, 0) is 57.6 Å². The lowest BCUT2D eigenvalue weighted by molar-refractivity contribution is -0.0361. The lowest BCUT2D eigenvalue weighted by Gasteiger charge is -2.31. The topological polar surface area (TPSA) is 75.6 Å². The number of pyridine rings is 1. The van der Waals surface area contributed by atoms with Crippen LogP contribution in [0.4, 0.5) is 33.8 Å². The molecule has 2 saturated carbocycles. The molecule has 0 radical (unpaired) electrons. The summed E-state index contributed by atoms with van der Waals surface area (Å²) in [6, 6.07) is 3.89. The quantitative estimate of drug-likeness (QED) is 0.482. The lowest BCUT2D eigenvalue weighted by Crippen LogP contribution is -2.34. The van der Waals surface area contributed by atoms with Crippen molar-refractivity contribution in [1.82, 2.24) is 19.9 Å². The summed E-state index contributed by atoms with van der Waals surface area (Å²) in [4.78, 5) is 17.1. The molecule has 0 saturated heterocycles. The number of halogens is 5. The van der Waals surface area contributed by atoms with Crippen molar-refractivity contribution in [3.05, 3.63) is 23.9 Å². The molecule has 0 amide bonds. The number of nitrogens with one attached hydrogen (secondary N) is 2. The number of anilines is 2. The molecule has 186 valence electrons. The maximum atomic E-state index is 14.2. The van der Waals surface area contributed by atoms with Gasteiger partial charge in [-0.3, -0.25) is 0 Å². The minimum absolute atomic E-state index is 0.0560. The van der Waals surface area contributed by atoms with E-state index in [9.17, 15) is 22.0 Å². The molecule has 0 unspecified atom stereocenters. The van der Waals surface area contributed by atoms with Crippen molar-refractivity contribution in [3.63, 3.8) is 0 Å². The van der Waals surface area contributed by atoms with E-state index in [-0.39, 0.29) is 61.2 Å². The minimum Gasteiger partial charge on any atom is -0.351 e. The number of hydrogen-bond donors (Lipinski definition) is 2. The largest absolute Gasteiger partial charge is 0.351 e. The van der Waals surface area contributed by atoms with Crippen LogP contribution in [-0.2, 0) is 5.92 Å². The summed E-state index contributed by atoms with van der Waals surface area (Å²) in [7, 11) is 0.